The molecule has 9 nitrogen and oxygen atoms in total. The number of fused-ring (bicyclic) bond motifs is 2. The summed E-state index contributed by atoms with van der Waals surface area (Å²) in [6, 6.07) is 9.06. The lowest BCUT2D eigenvalue weighted by Gasteiger charge is -2.19. The topological polar surface area (TPSA) is 115 Å². The Morgan fingerprint density at radius 3 is 2.56 bits per heavy atom. The number of carboxylic acid groups (broad SMARTS) is 1. The fourth-order valence-corrected chi connectivity index (χ4v) is 3.22. The summed E-state index contributed by atoms with van der Waals surface area (Å²) in [4.78, 5) is 22.1. The Bertz CT molecular complexity index is 970. The zero-order chi connectivity index (χ0) is 19.1. The molecule has 1 unspecified atom stereocenters. The molecule has 1 N–H and O–H groups in total. The second-order valence-electron chi connectivity index (χ2n) is 6.30. The fourth-order valence-electron chi connectivity index (χ4n) is 3.22. The van der Waals surface area contributed by atoms with Gasteiger partial charge in [0.1, 0.15) is 0 Å². The van der Waals surface area contributed by atoms with Crippen molar-refractivity contribution >= 4 is 17.5 Å². The van der Waals surface area contributed by atoms with Crippen LogP contribution in [-0.2, 0) is 6.42 Å². The predicted octanol–water partition coefficient (Wildman–Crippen LogP) is 3.00. The van der Waals surface area contributed by atoms with Gasteiger partial charge in [-0.3, -0.25) is 10.1 Å². The molecule has 9 heteroatoms. The van der Waals surface area contributed by atoms with Crippen LogP contribution in [0.5, 0.6) is 11.5 Å². The normalized spacial score (nSPS) is 17.7. The van der Waals surface area contributed by atoms with Crippen LogP contribution >= 0.6 is 0 Å². The monoisotopic (exact) mass is 369 g/mol. The van der Waals surface area contributed by atoms with Crippen molar-refractivity contribution in [3.8, 4) is 11.5 Å². The minimum absolute atomic E-state index is 0.0534. The number of benzene rings is 2. The average Bonchev–Trinajstić information content (AvgIpc) is 3.03. The summed E-state index contributed by atoms with van der Waals surface area (Å²) in [5, 5.41) is 25.8. The summed E-state index contributed by atoms with van der Waals surface area (Å²) >= 11 is 0. The number of amides is 1. The van der Waals surface area contributed by atoms with Gasteiger partial charge in [0, 0.05) is 23.3 Å². The van der Waals surface area contributed by atoms with Gasteiger partial charge in [0.2, 0.25) is 6.79 Å². The maximum Gasteiger partial charge on any atom is 0.428 e. The van der Waals surface area contributed by atoms with E-state index >= 15 is 0 Å². The maximum atomic E-state index is 11.7. The van der Waals surface area contributed by atoms with E-state index in [1.54, 1.807) is 25.1 Å². The van der Waals surface area contributed by atoms with E-state index in [2.05, 4.69) is 5.10 Å². The van der Waals surface area contributed by atoms with Gasteiger partial charge in [0.05, 0.1) is 16.7 Å². The van der Waals surface area contributed by atoms with E-state index in [1.807, 2.05) is 6.07 Å². The van der Waals surface area contributed by atoms with Crippen LogP contribution in [0.4, 0.5) is 10.5 Å². The lowest BCUT2D eigenvalue weighted by Crippen LogP contribution is -2.34. The van der Waals surface area contributed by atoms with Crippen LogP contribution in [0.15, 0.2) is 41.5 Å². The Kier molecular flexibility index (Phi) is 3.91. The second-order valence-corrected chi connectivity index (χ2v) is 6.30. The molecule has 0 radical (unpaired) electrons. The molecule has 2 aromatic rings. The van der Waals surface area contributed by atoms with Crippen molar-refractivity contribution < 1.29 is 24.3 Å². The highest BCUT2D eigenvalue weighted by Crippen LogP contribution is 2.37. The first kappa shape index (κ1) is 16.8. The third-order valence-electron chi connectivity index (χ3n) is 4.54. The molecular formula is C18H15N3O6. The number of nitrogens with zero attached hydrogens (tertiary/aromatic N) is 3. The largest absolute Gasteiger partial charge is 0.464 e. The van der Waals surface area contributed by atoms with E-state index in [0.717, 1.165) is 10.6 Å². The Balaban J connectivity index is 1.89. The van der Waals surface area contributed by atoms with Gasteiger partial charge >= 0.3 is 6.09 Å². The maximum absolute atomic E-state index is 11.7. The van der Waals surface area contributed by atoms with Crippen molar-refractivity contribution in [1.29, 1.82) is 0 Å². The van der Waals surface area contributed by atoms with Crippen LogP contribution in [0, 0.1) is 10.1 Å². The van der Waals surface area contributed by atoms with E-state index < -0.39 is 17.1 Å². The third-order valence-corrected chi connectivity index (χ3v) is 4.54. The zero-order valence-electron chi connectivity index (χ0n) is 14.3. The van der Waals surface area contributed by atoms with Gasteiger partial charge in [-0.15, -0.1) is 0 Å². The van der Waals surface area contributed by atoms with Crippen molar-refractivity contribution in [2.45, 2.75) is 19.4 Å². The highest BCUT2D eigenvalue weighted by molar-refractivity contribution is 6.14. The van der Waals surface area contributed by atoms with Crippen LogP contribution in [0.25, 0.3) is 0 Å². The quantitative estimate of drug-likeness (QED) is 0.643. The predicted molar refractivity (Wildman–Crippen MR) is 94.3 cm³/mol. The SMILES string of the molecule is CC1Cc2cc3c(cc2C(c2ccc([N+](=O)[O-])cc2)=NN1C(=O)O)OCO3. The number of hydrogen-bond donors (Lipinski definition) is 1. The molecule has 2 heterocycles. The molecule has 4 rings (SSSR count). The number of hydrogen-bond acceptors (Lipinski definition) is 6. The first-order valence-electron chi connectivity index (χ1n) is 8.22. The summed E-state index contributed by atoms with van der Waals surface area (Å²) in [5.41, 5.74) is 2.50. The summed E-state index contributed by atoms with van der Waals surface area (Å²) in [5.74, 6) is 1.16. The van der Waals surface area contributed by atoms with Gasteiger partial charge in [0.15, 0.2) is 11.5 Å². The molecule has 1 amide bonds. The number of hydrazone groups is 1. The van der Waals surface area contributed by atoms with Crippen LogP contribution in [0.2, 0.25) is 0 Å². The first-order valence-corrected chi connectivity index (χ1v) is 8.22. The van der Waals surface area contributed by atoms with Gasteiger partial charge in [-0.1, -0.05) is 0 Å². The highest BCUT2D eigenvalue weighted by Gasteiger charge is 2.29. The van der Waals surface area contributed by atoms with Gasteiger partial charge in [0.25, 0.3) is 5.69 Å². The summed E-state index contributed by atoms with van der Waals surface area (Å²) < 4.78 is 10.9. The standard InChI is InChI=1S/C18H15N3O6/c1-10-6-12-7-15-16(27-9-26-15)8-14(12)17(19-20(10)18(22)23)11-2-4-13(5-3-11)21(24)25/h2-5,7-8,10H,6,9H2,1H3,(H,22,23). The van der Waals surface area contributed by atoms with E-state index in [4.69, 9.17) is 9.47 Å². The number of ether oxygens (including phenoxy) is 2. The minimum Gasteiger partial charge on any atom is -0.464 e. The Labute approximate surface area is 153 Å². The van der Waals surface area contributed by atoms with E-state index in [1.165, 1.54) is 12.1 Å². The molecule has 27 heavy (non-hydrogen) atoms. The van der Waals surface area contributed by atoms with Gasteiger partial charge in [-0.2, -0.15) is 10.1 Å². The lowest BCUT2D eigenvalue weighted by molar-refractivity contribution is -0.384. The molecule has 0 bridgehead atoms. The van der Waals surface area contributed by atoms with Gasteiger partial charge in [-0.25, -0.2) is 4.79 Å². The average molecular weight is 369 g/mol. The number of non-ortho nitro benzene ring substituents is 1. The molecule has 0 aromatic heterocycles. The third kappa shape index (κ3) is 2.92. The molecule has 0 aliphatic carbocycles. The molecule has 0 saturated heterocycles. The second kappa shape index (κ2) is 6.27. The highest BCUT2D eigenvalue weighted by atomic mass is 16.7. The van der Waals surface area contributed by atoms with Crippen molar-refractivity contribution in [2.75, 3.05) is 6.79 Å². The number of rotatable bonds is 2. The Hall–Kier alpha value is -3.62. The van der Waals surface area contributed by atoms with E-state index in [-0.39, 0.29) is 12.5 Å². The van der Waals surface area contributed by atoms with Gasteiger partial charge in [-0.05, 0) is 43.2 Å². The fraction of sp³-hybridized carbons (Fsp3) is 0.222. The van der Waals surface area contributed by atoms with Crippen molar-refractivity contribution in [1.82, 2.24) is 5.01 Å². The van der Waals surface area contributed by atoms with Crippen LogP contribution in [0.3, 0.4) is 0 Å². The van der Waals surface area contributed by atoms with E-state index in [0.29, 0.717) is 34.8 Å². The molecule has 2 aliphatic heterocycles. The molecule has 0 saturated carbocycles. The Morgan fingerprint density at radius 2 is 1.93 bits per heavy atom. The smallest absolute Gasteiger partial charge is 0.428 e. The summed E-state index contributed by atoms with van der Waals surface area (Å²) in [7, 11) is 0. The summed E-state index contributed by atoms with van der Waals surface area (Å²) in [6.07, 6.45) is -0.729. The molecule has 2 aliphatic rings. The van der Waals surface area contributed by atoms with Crippen molar-refractivity contribution in [2.24, 2.45) is 5.10 Å². The number of nitro benzene ring substituents is 1. The molecule has 0 fully saturated rings. The molecule has 0 spiro atoms. The molecule has 138 valence electrons. The van der Waals surface area contributed by atoms with E-state index in [9.17, 15) is 20.0 Å². The first-order chi connectivity index (χ1) is 12.9. The lowest BCUT2D eigenvalue weighted by atomic mass is 9.94. The number of nitro groups is 1. The zero-order valence-corrected chi connectivity index (χ0v) is 14.3. The molecule has 2 aromatic carbocycles. The van der Waals surface area contributed by atoms with Crippen LogP contribution < -0.4 is 9.47 Å². The molecule has 1 atom stereocenters. The van der Waals surface area contributed by atoms with Crippen LogP contribution in [0.1, 0.15) is 23.6 Å². The molecular weight excluding hydrogens is 354 g/mol. The summed E-state index contributed by atoms with van der Waals surface area (Å²) in [6.45, 7) is 1.89. The van der Waals surface area contributed by atoms with Crippen molar-refractivity contribution in [3.63, 3.8) is 0 Å². The Morgan fingerprint density at radius 1 is 1.26 bits per heavy atom. The van der Waals surface area contributed by atoms with Crippen molar-refractivity contribution in [3.05, 3.63) is 63.2 Å². The minimum atomic E-state index is -1.17. The van der Waals surface area contributed by atoms with Crippen LogP contribution in [-0.4, -0.2) is 39.7 Å². The van der Waals surface area contributed by atoms with Gasteiger partial charge < -0.3 is 14.6 Å². The number of carbonyl (C=O) groups is 1.